The van der Waals surface area contributed by atoms with Crippen LogP contribution < -0.4 is 4.74 Å². The average molecular weight is 454 g/mol. The highest BCUT2D eigenvalue weighted by atomic mass is 35.5. The van der Waals surface area contributed by atoms with E-state index in [1.54, 1.807) is 19.1 Å². The van der Waals surface area contributed by atoms with Crippen LogP contribution in [0.3, 0.4) is 0 Å². The van der Waals surface area contributed by atoms with Gasteiger partial charge in [-0.1, -0.05) is 29.8 Å². The summed E-state index contributed by atoms with van der Waals surface area (Å²) in [7, 11) is 2.78. The van der Waals surface area contributed by atoms with Gasteiger partial charge in [-0.2, -0.15) is 0 Å². The molecule has 166 valence electrons. The number of phenols is 1. The van der Waals surface area contributed by atoms with Crippen LogP contribution in [-0.2, 0) is 14.3 Å². The van der Waals surface area contributed by atoms with Gasteiger partial charge >= 0.3 is 5.97 Å². The van der Waals surface area contributed by atoms with E-state index in [0.717, 1.165) is 5.56 Å². The number of nitrogens with zero attached hydrogens (tertiary/aromatic N) is 1. The van der Waals surface area contributed by atoms with E-state index in [1.165, 1.54) is 20.3 Å². The molecule has 1 aliphatic heterocycles. The van der Waals surface area contributed by atoms with E-state index in [-0.39, 0.29) is 23.2 Å². The van der Waals surface area contributed by atoms with Gasteiger partial charge in [0.05, 0.1) is 14.2 Å². The molecule has 0 spiro atoms. The standard InChI is InChI=1S/C25H24ClNO5/c1-13-22(25(30)32-3)23(15-6-9-19(28)21(12-15)31-2)24-18(27-13)10-16(11-20(24)29)14-4-7-17(26)8-5-14/h4-9,12,16,22-23,28H,10-11H2,1-3H3/t16-,22?,23+/m1/s1. The van der Waals surface area contributed by atoms with Crippen molar-refractivity contribution in [2.24, 2.45) is 10.9 Å². The molecule has 2 aliphatic rings. The number of aromatic hydroxyl groups is 1. The number of aliphatic imine (C=N–C) groups is 1. The molecule has 1 unspecified atom stereocenters. The number of hydrogen-bond donors (Lipinski definition) is 1. The van der Waals surface area contributed by atoms with E-state index in [4.69, 9.17) is 26.1 Å². The van der Waals surface area contributed by atoms with Crippen LogP contribution >= 0.6 is 11.6 Å². The molecule has 3 atom stereocenters. The highest BCUT2D eigenvalue weighted by Crippen LogP contribution is 2.47. The zero-order chi connectivity index (χ0) is 23.0. The fraction of sp³-hybridized carbons (Fsp3) is 0.320. The van der Waals surface area contributed by atoms with E-state index < -0.39 is 17.8 Å². The minimum Gasteiger partial charge on any atom is -0.504 e. The van der Waals surface area contributed by atoms with Crippen molar-refractivity contribution >= 4 is 29.1 Å². The number of hydrogen-bond acceptors (Lipinski definition) is 6. The first kappa shape index (κ1) is 22.1. The first-order valence-corrected chi connectivity index (χ1v) is 10.7. The lowest BCUT2D eigenvalue weighted by atomic mass is 9.69. The van der Waals surface area contributed by atoms with Crippen LogP contribution in [0, 0.1) is 5.92 Å². The summed E-state index contributed by atoms with van der Waals surface area (Å²) in [4.78, 5) is 30.9. The number of carbonyl (C=O) groups is 2. The van der Waals surface area contributed by atoms with Gasteiger partial charge in [-0.15, -0.1) is 0 Å². The fourth-order valence-electron chi connectivity index (χ4n) is 4.71. The Kier molecular flexibility index (Phi) is 6.07. The number of esters is 1. The third-order valence-corrected chi connectivity index (χ3v) is 6.50. The Labute approximate surface area is 191 Å². The SMILES string of the molecule is COC(=O)C1C(C)=NC2=C(C(=O)C[C@H](c3ccc(Cl)cc3)C2)[C@H]1c1ccc(O)c(OC)c1. The number of ketones is 1. The van der Waals surface area contributed by atoms with Crippen molar-refractivity contribution in [3.05, 3.63) is 69.9 Å². The number of phenolic OH excluding ortho intramolecular Hbond substituents is 1. The Hall–Kier alpha value is -3.12. The number of carbonyl (C=O) groups excluding carboxylic acids is 2. The molecule has 1 aliphatic carbocycles. The van der Waals surface area contributed by atoms with Crippen LogP contribution in [0.15, 0.2) is 58.7 Å². The van der Waals surface area contributed by atoms with E-state index >= 15 is 0 Å². The van der Waals surface area contributed by atoms with E-state index in [0.29, 0.717) is 40.4 Å². The van der Waals surface area contributed by atoms with Gasteiger partial charge in [-0.05, 0) is 54.7 Å². The minimum absolute atomic E-state index is 0.0141. The summed E-state index contributed by atoms with van der Waals surface area (Å²) in [5.74, 6) is -1.56. The third-order valence-electron chi connectivity index (χ3n) is 6.25. The summed E-state index contributed by atoms with van der Waals surface area (Å²) >= 11 is 6.02. The van der Waals surface area contributed by atoms with Crippen molar-refractivity contribution in [3.8, 4) is 11.5 Å². The molecule has 0 fully saturated rings. The summed E-state index contributed by atoms with van der Waals surface area (Å²) in [6, 6.07) is 12.4. The van der Waals surface area contributed by atoms with Crippen molar-refractivity contribution in [2.45, 2.75) is 31.6 Å². The third kappa shape index (κ3) is 3.91. The summed E-state index contributed by atoms with van der Waals surface area (Å²) < 4.78 is 10.3. The number of rotatable bonds is 4. The van der Waals surface area contributed by atoms with Gasteiger partial charge in [0.2, 0.25) is 0 Å². The molecule has 4 rings (SSSR count). The Balaban J connectivity index is 1.82. The molecule has 0 amide bonds. The molecule has 2 aromatic carbocycles. The zero-order valence-corrected chi connectivity index (χ0v) is 18.8. The average Bonchev–Trinajstić information content (AvgIpc) is 2.78. The van der Waals surface area contributed by atoms with Gasteiger partial charge in [0.25, 0.3) is 0 Å². The van der Waals surface area contributed by atoms with Gasteiger partial charge in [-0.3, -0.25) is 14.6 Å². The van der Waals surface area contributed by atoms with Crippen LogP contribution in [0.2, 0.25) is 5.02 Å². The van der Waals surface area contributed by atoms with E-state index in [1.807, 2.05) is 24.3 Å². The van der Waals surface area contributed by atoms with Gasteiger partial charge in [-0.25, -0.2) is 0 Å². The van der Waals surface area contributed by atoms with Crippen LogP contribution in [-0.4, -0.2) is 36.8 Å². The Bertz CT molecular complexity index is 1140. The molecule has 0 saturated heterocycles. The van der Waals surface area contributed by atoms with Crippen molar-refractivity contribution < 1.29 is 24.2 Å². The molecule has 1 heterocycles. The lowest BCUT2D eigenvalue weighted by Crippen LogP contribution is -2.37. The molecular weight excluding hydrogens is 430 g/mol. The molecule has 6 nitrogen and oxygen atoms in total. The largest absolute Gasteiger partial charge is 0.504 e. The smallest absolute Gasteiger partial charge is 0.315 e. The van der Waals surface area contributed by atoms with Crippen molar-refractivity contribution in [1.82, 2.24) is 0 Å². The summed E-state index contributed by atoms with van der Waals surface area (Å²) in [5.41, 5.74) is 3.53. The molecule has 0 aromatic heterocycles. The van der Waals surface area contributed by atoms with Gasteiger partial charge in [0.15, 0.2) is 17.3 Å². The first-order chi connectivity index (χ1) is 15.3. The zero-order valence-electron chi connectivity index (χ0n) is 18.1. The molecule has 2 aromatic rings. The van der Waals surface area contributed by atoms with Gasteiger partial charge in [0.1, 0.15) is 5.92 Å². The predicted octanol–water partition coefficient (Wildman–Crippen LogP) is 4.80. The van der Waals surface area contributed by atoms with Crippen molar-refractivity contribution in [1.29, 1.82) is 0 Å². The van der Waals surface area contributed by atoms with Crippen LogP contribution in [0.1, 0.15) is 42.7 Å². The van der Waals surface area contributed by atoms with Crippen LogP contribution in [0.4, 0.5) is 0 Å². The number of allylic oxidation sites excluding steroid dienone is 2. The summed E-state index contributed by atoms with van der Waals surface area (Å²) in [6.07, 6.45) is 0.897. The minimum atomic E-state index is -0.732. The van der Waals surface area contributed by atoms with Crippen LogP contribution in [0.5, 0.6) is 11.5 Å². The highest BCUT2D eigenvalue weighted by molar-refractivity contribution is 6.30. The lowest BCUT2D eigenvalue weighted by Gasteiger charge is -2.36. The van der Waals surface area contributed by atoms with Gasteiger partial charge in [0, 0.05) is 34.3 Å². The molecule has 32 heavy (non-hydrogen) atoms. The van der Waals surface area contributed by atoms with E-state index in [9.17, 15) is 14.7 Å². The second kappa shape index (κ2) is 8.79. The summed E-state index contributed by atoms with van der Waals surface area (Å²) in [5, 5.41) is 10.7. The number of benzene rings is 2. The highest BCUT2D eigenvalue weighted by Gasteiger charge is 2.44. The van der Waals surface area contributed by atoms with Crippen molar-refractivity contribution in [2.75, 3.05) is 14.2 Å². The number of methoxy groups -OCH3 is 2. The molecule has 0 bridgehead atoms. The predicted molar refractivity (Wildman–Crippen MR) is 121 cm³/mol. The monoisotopic (exact) mass is 453 g/mol. The normalized spacial score (nSPS) is 22.8. The Morgan fingerprint density at radius 2 is 1.78 bits per heavy atom. The lowest BCUT2D eigenvalue weighted by molar-refractivity contribution is -0.143. The van der Waals surface area contributed by atoms with Crippen molar-refractivity contribution in [3.63, 3.8) is 0 Å². The van der Waals surface area contributed by atoms with E-state index in [2.05, 4.69) is 0 Å². The maximum atomic E-state index is 13.5. The number of halogens is 1. The maximum absolute atomic E-state index is 13.5. The number of Topliss-reactive ketones (excluding diaryl/α,β-unsaturated/α-hetero) is 1. The van der Waals surface area contributed by atoms with Gasteiger partial charge < -0.3 is 14.6 Å². The molecule has 0 saturated carbocycles. The van der Waals surface area contributed by atoms with Crippen LogP contribution in [0.25, 0.3) is 0 Å². The molecule has 0 radical (unpaired) electrons. The molecule has 1 N–H and O–H groups in total. The quantitative estimate of drug-likeness (QED) is 0.672. The second-order valence-corrected chi connectivity index (χ2v) is 8.54. The maximum Gasteiger partial charge on any atom is 0.315 e. The Morgan fingerprint density at radius 3 is 2.44 bits per heavy atom. The number of ether oxygens (including phenoxy) is 2. The second-order valence-electron chi connectivity index (χ2n) is 8.10. The fourth-order valence-corrected chi connectivity index (χ4v) is 4.84. The first-order valence-electron chi connectivity index (χ1n) is 10.4. The Morgan fingerprint density at radius 1 is 1.09 bits per heavy atom. The molecule has 7 heteroatoms. The topological polar surface area (TPSA) is 85.2 Å². The molecular formula is C25H24ClNO5. The summed E-state index contributed by atoms with van der Waals surface area (Å²) in [6.45, 7) is 1.78.